The van der Waals surface area contributed by atoms with Gasteiger partial charge in [-0.05, 0) is 49.2 Å². The average Bonchev–Trinajstić information content (AvgIpc) is 2.58. The molecule has 1 aliphatic heterocycles. The Morgan fingerprint density at radius 1 is 1.00 bits per heavy atom. The molecule has 0 aliphatic carbocycles. The summed E-state index contributed by atoms with van der Waals surface area (Å²) < 4.78 is 5.25. The molecule has 1 N–H and O–H groups in total. The number of benzene rings is 2. The number of barbiturate groups is 1. The molecule has 132 valence electrons. The predicted molar refractivity (Wildman–Crippen MR) is 97.9 cm³/mol. The standard InChI is InChI=1S/C20H18N2O4/c1-12-8-13(2)10-15(9-12)22-19(24)16(18(23)21-20(22)25)11-14-6-4-5-7-17(14)26-3/h4-11H,1-3H3,(H,21,23,25)/b16-11+. The van der Waals surface area contributed by atoms with Crippen LogP contribution >= 0.6 is 0 Å². The maximum Gasteiger partial charge on any atom is 0.335 e. The summed E-state index contributed by atoms with van der Waals surface area (Å²) in [6, 6.07) is 11.6. The van der Waals surface area contributed by atoms with Gasteiger partial charge in [-0.25, -0.2) is 9.69 Å². The Morgan fingerprint density at radius 3 is 2.31 bits per heavy atom. The third-order valence-corrected chi connectivity index (χ3v) is 4.01. The highest BCUT2D eigenvalue weighted by Crippen LogP contribution is 2.26. The zero-order chi connectivity index (χ0) is 18.8. The molecule has 0 bridgehead atoms. The number of carbonyl (C=O) groups is 3. The van der Waals surface area contributed by atoms with E-state index in [2.05, 4.69) is 5.32 Å². The van der Waals surface area contributed by atoms with E-state index in [0.717, 1.165) is 16.0 Å². The molecule has 0 radical (unpaired) electrons. The molecule has 1 aliphatic rings. The highest BCUT2D eigenvalue weighted by Gasteiger charge is 2.37. The van der Waals surface area contributed by atoms with E-state index < -0.39 is 17.8 Å². The van der Waals surface area contributed by atoms with Gasteiger partial charge in [0, 0.05) is 5.56 Å². The molecule has 2 aromatic rings. The second-order valence-corrected chi connectivity index (χ2v) is 6.05. The fourth-order valence-electron chi connectivity index (χ4n) is 2.91. The average molecular weight is 350 g/mol. The van der Waals surface area contributed by atoms with Crippen LogP contribution in [0.4, 0.5) is 10.5 Å². The molecule has 4 amide bonds. The number of para-hydroxylation sites is 1. The van der Waals surface area contributed by atoms with Crippen LogP contribution in [0.25, 0.3) is 6.08 Å². The van der Waals surface area contributed by atoms with Crippen molar-refractivity contribution in [1.82, 2.24) is 5.32 Å². The number of nitrogens with zero attached hydrogens (tertiary/aromatic N) is 1. The van der Waals surface area contributed by atoms with Gasteiger partial charge in [0.1, 0.15) is 11.3 Å². The van der Waals surface area contributed by atoms with Gasteiger partial charge in [0.15, 0.2) is 0 Å². The van der Waals surface area contributed by atoms with Gasteiger partial charge in [0.2, 0.25) is 0 Å². The van der Waals surface area contributed by atoms with Gasteiger partial charge in [-0.2, -0.15) is 0 Å². The van der Waals surface area contributed by atoms with Gasteiger partial charge in [-0.3, -0.25) is 14.9 Å². The molecule has 1 saturated heterocycles. The Labute approximate surface area is 151 Å². The Hall–Kier alpha value is -3.41. The second-order valence-electron chi connectivity index (χ2n) is 6.05. The van der Waals surface area contributed by atoms with Crippen LogP contribution in [0.2, 0.25) is 0 Å². The number of imide groups is 2. The van der Waals surface area contributed by atoms with Crippen molar-refractivity contribution in [3.05, 3.63) is 64.7 Å². The molecule has 6 nitrogen and oxygen atoms in total. The van der Waals surface area contributed by atoms with Crippen LogP contribution in [0.15, 0.2) is 48.0 Å². The van der Waals surface area contributed by atoms with E-state index in [9.17, 15) is 14.4 Å². The van der Waals surface area contributed by atoms with Crippen LogP contribution in [-0.4, -0.2) is 25.0 Å². The zero-order valence-electron chi connectivity index (χ0n) is 14.7. The van der Waals surface area contributed by atoms with Gasteiger partial charge in [-0.1, -0.05) is 24.3 Å². The second kappa shape index (κ2) is 6.84. The molecule has 0 spiro atoms. The number of anilines is 1. The van der Waals surface area contributed by atoms with E-state index in [-0.39, 0.29) is 5.57 Å². The van der Waals surface area contributed by atoms with Gasteiger partial charge in [-0.15, -0.1) is 0 Å². The number of hydrogen-bond acceptors (Lipinski definition) is 4. The molecule has 1 fully saturated rings. The van der Waals surface area contributed by atoms with E-state index >= 15 is 0 Å². The first-order valence-electron chi connectivity index (χ1n) is 8.03. The van der Waals surface area contributed by atoms with Crippen LogP contribution in [0.3, 0.4) is 0 Å². The third kappa shape index (κ3) is 3.21. The highest BCUT2D eigenvalue weighted by atomic mass is 16.5. The molecule has 6 heteroatoms. The third-order valence-electron chi connectivity index (χ3n) is 4.01. The summed E-state index contributed by atoms with van der Waals surface area (Å²) >= 11 is 0. The summed E-state index contributed by atoms with van der Waals surface area (Å²) in [6.45, 7) is 3.75. The lowest BCUT2D eigenvalue weighted by Crippen LogP contribution is -2.54. The van der Waals surface area contributed by atoms with Crippen LogP contribution < -0.4 is 15.0 Å². The number of rotatable bonds is 3. The van der Waals surface area contributed by atoms with Crippen LogP contribution in [0.1, 0.15) is 16.7 Å². The molecule has 1 heterocycles. The lowest BCUT2D eigenvalue weighted by atomic mass is 10.0. The fraction of sp³-hybridized carbons (Fsp3) is 0.150. The molecular formula is C20H18N2O4. The van der Waals surface area contributed by atoms with E-state index in [4.69, 9.17) is 4.74 Å². The Balaban J connectivity index is 2.07. The number of nitrogens with one attached hydrogen (secondary N) is 1. The molecule has 0 saturated carbocycles. The Kier molecular flexibility index (Phi) is 4.58. The van der Waals surface area contributed by atoms with Crippen LogP contribution in [0.5, 0.6) is 5.75 Å². The number of aryl methyl sites for hydroxylation is 2. The number of ether oxygens (including phenoxy) is 1. The van der Waals surface area contributed by atoms with Crippen LogP contribution in [-0.2, 0) is 9.59 Å². The SMILES string of the molecule is COc1ccccc1/C=C1\C(=O)NC(=O)N(c2cc(C)cc(C)c2)C1=O. The molecule has 0 unspecified atom stereocenters. The summed E-state index contributed by atoms with van der Waals surface area (Å²) in [5.41, 5.74) is 2.68. The van der Waals surface area contributed by atoms with Crippen molar-refractivity contribution in [3.8, 4) is 5.75 Å². The van der Waals surface area contributed by atoms with E-state index in [1.165, 1.54) is 13.2 Å². The summed E-state index contributed by atoms with van der Waals surface area (Å²) in [6.07, 6.45) is 1.43. The normalized spacial score (nSPS) is 16.0. The number of amides is 4. The monoisotopic (exact) mass is 350 g/mol. The minimum atomic E-state index is -0.762. The Morgan fingerprint density at radius 2 is 1.65 bits per heavy atom. The van der Waals surface area contributed by atoms with Gasteiger partial charge < -0.3 is 4.74 Å². The van der Waals surface area contributed by atoms with Crippen molar-refractivity contribution in [3.63, 3.8) is 0 Å². The number of methoxy groups -OCH3 is 1. The highest BCUT2D eigenvalue weighted by molar-refractivity contribution is 6.39. The maximum atomic E-state index is 12.9. The molecular weight excluding hydrogens is 332 g/mol. The smallest absolute Gasteiger partial charge is 0.335 e. The van der Waals surface area contributed by atoms with Crippen molar-refractivity contribution in [2.24, 2.45) is 0 Å². The van der Waals surface area contributed by atoms with Gasteiger partial charge >= 0.3 is 6.03 Å². The van der Waals surface area contributed by atoms with E-state index in [1.54, 1.807) is 36.4 Å². The molecule has 0 aromatic heterocycles. The number of urea groups is 1. The fourth-order valence-corrected chi connectivity index (χ4v) is 2.91. The number of hydrogen-bond donors (Lipinski definition) is 1. The topological polar surface area (TPSA) is 75.7 Å². The molecule has 0 atom stereocenters. The largest absolute Gasteiger partial charge is 0.496 e. The first-order valence-corrected chi connectivity index (χ1v) is 8.03. The van der Waals surface area contributed by atoms with Gasteiger partial charge in [0.25, 0.3) is 11.8 Å². The van der Waals surface area contributed by atoms with E-state index in [1.807, 2.05) is 19.9 Å². The molecule has 26 heavy (non-hydrogen) atoms. The molecule has 2 aromatic carbocycles. The summed E-state index contributed by atoms with van der Waals surface area (Å²) in [4.78, 5) is 38.4. The quantitative estimate of drug-likeness (QED) is 0.682. The lowest BCUT2D eigenvalue weighted by molar-refractivity contribution is -0.122. The van der Waals surface area contributed by atoms with Crippen molar-refractivity contribution in [2.45, 2.75) is 13.8 Å². The van der Waals surface area contributed by atoms with Crippen molar-refractivity contribution in [2.75, 3.05) is 12.0 Å². The minimum Gasteiger partial charge on any atom is -0.496 e. The number of carbonyl (C=O) groups excluding carboxylic acids is 3. The molecule has 3 rings (SSSR count). The van der Waals surface area contributed by atoms with Gasteiger partial charge in [0.05, 0.1) is 12.8 Å². The Bertz CT molecular complexity index is 926. The summed E-state index contributed by atoms with van der Waals surface area (Å²) in [7, 11) is 1.51. The van der Waals surface area contributed by atoms with Crippen molar-refractivity contribution in [1.29, 1.82) is 0 Å². The minimum absolute atomic E-state index is 0.131. The predicted octanol–water partition coefficient (Wildman–Crippen LogP) is 2.98. The summed E-state index contributed by atoms with van der Waals surface area (Å²) in [5.74, 6) is -0.878. The van der Waals surface area contributed by atoms with E-state index in [0.29, 0.717) is 17.0 Å². The maximum absolute atomic E-state index is 12.9. The van der Waals surface area contributed by atoms with Crippen molar-refractivity contribution >= 4 is 29.6 Å². The van der Waals surface area contributed by atoms with Crippen LogP contribution in [0, 0.1) is 13.8 Å². The van der Waals surface area contributed by atoms with Crippen molar-refractivity contribution < 1.29 is 19.1 Å². The zero-order valence-corrected chi connectivity index (χ0v) is 14.7. The first-order chi connectivity index (χ1) is 12.4. The first kappa shape index (κ1) is 17.4. The summed E-state index contributed by atoms with van der Waals surface area (Å²) in [5, 5.41) is 2.22. The lowest BCUT2D eigenvalue weighted by Gasteiger charge is -2.27.